The number of hydrogen-bond acceptors (Lipinski definition) is 4. The molecule has 10 heavy (non-hydrogen) atoms. The van der Waals surface area contributed by atoms with Crippen molar-refractivity contribution >= 4 is 5.78 Å². The van der Waals surface area contributed by atoms with Gasteiger partial charge in [-0.05, 0) is 0 Å². The van der Waals surface area contributed by atoms with E-state index in [4.69, 9.17) is 5.26 Å². The molecule has 1 N–H and O–H groups in total. The molecule has 0 spiro atoms. The second-order valence-electron chi connectivity index (χ2n) is 2.23. The van der Waals surface area contributed by atoms with Gasteiger partial charge in [-0.3, -0.25) is 4.79 Å². The predicted octanol–water partition coefficient (Wildman–Crippen LogP) is 0.674. The van der Waals surface area contributed by atoms with Crippen LogP contribution in [0.5, 0.6) is 0 Å². The fraction of sp³-hybridized carbons (Fsp3) is 0.833. The third-order valence-electron chi connectivity index (χ3n) is 1.11. The molecule has 0 radical (unpaired) electrons. The van der Waals surface area contributed by atoms with Crippen LogP contribution in [0.2, 0.25) is 0 Å². The van der Waals surface area contributed by atoms with Crippen LogP contribution in [0.3, 0.4) is 0 Å². The van der Waals surface area contributed by atoms with Crippen molar-refractivity contribution in [1.29, 1.82) is 0 Å². The third-order valence-corrected chi connectivity index (χ3v) is 1.11. The van der Waals surface area contributed by atoms with E-state index in [1.807, 2.05) is 0 Å². The number of Topliss-reactive ketones (excluding diaryl/α,β-unsaturated/α-hetero) is 1. The molecule has 60 valence electrons. The van der Waals surface area contributed by atoms with Crippen molar-refractivity contribution in [3.8, 4) is 0 Å². The lowest BCUT2D eigenvalue weighted by Crippen LogP contribution is -2.28. The molecule has 0 aromatic rings. The van der Waals surface area contributed by atoms with Gasteiger partial charge in [0.25, 0.3) is 0 Å². The molecule has 0 heterocycles. The molecule has 4 nitrogen and oxygen atoms in total. The van der Waals surface area contributed by atoms with Crippen molar-refractivity contribution in [2.45, 2.75) is 20.1 Å². The quantitative estimate of drug-likeness (QED) is 0.361. The fourth-order valence-electron chi connectivity index (χ4n) is 0.483. The van der Waals surface area contributed by atoms with Crippen LogP contribution in [0.4, 0.5) is 0 Å². The average molecular weight is 148 g/mol. The van der Waals surface area contributed by atoms with Gasteiger partial charge in [0, 0.05) is 13.0 Å². The van der Waals surface area contributed by atoms with Crippen LogP contribution < -0.4 is 0 Å². The molecule has 0 saturated carbocycles. The van der Waals surface area contributed by atoms with E-state index >= 15 is 0 Å². The molecule has 0 aromatic heterocycles. The predicted molar refractivity (Wildman–Crippen MR) is 34.4 cm³/mol. The Balaban J connectivity index is 3.89. The summed E-state index contributed by atoms with van der Waals surface area (Å²) in [6.45, 7) is 3.40. The summed E-state index contributed by atoms with van der Waals surface area (Å²) < 4.78 is 4.50. The number of carbonyl (C=O) groups is 1. The summed E-state index contributed by atoms with van der Waals surface area (Å²) >= 11 is 0. The third kappa shape index (κ3) is 2.43. The van der Waals surface area contributed by atoms with E-state index in [1.54, 1.807) is 13.8 Å². The molecule has 0 bridgehead atoms. The summed E-state index contributed by atoms with van der Waals surface area (Å²) in [6, 6.07) is 0. The second-order valence-corrected chi connectivity index (χ2v) is 2.23. The van der Waals surface area contributed by atoms with Gasteiger partial charge in [-0.25, -0.2) is 5.26 Å². The van der Waals surface area contributed by atoms with Crippen LogP contribution in [-0.2, 0) is 14.4 Å². The highest BCUT2D eigenvalue weighted by molar-refractivity contribution is 5.83. The molecule has 0 saturated heterocycles. The minimum absolute atomic E-state index is 0.197. The Labute approximate surface area is 59.7 Å². The summed E-state index contributed by atoms with van der Waals surface area (Å²) in [7, 11) is 1.29. The average Bonchev–Trinajstić information content (AvgIpc) is 1.90. The summed E-state index contributed by atoms with van der Waals surface area (Å²) in [5.41, 5.74) is 0. The molecule has 1 atom stereocenters. The van der Waals surface area contributed by atoms with E-state index in [1.165, 1.54) is 7.11 Å². The van der Waals surface area contributed by atoms with Gasteiger partial charge in [-0.15, -0.1) is 0 Å². The maximum atomic E-state index is 10.9. The van der Waals surface area contributed by atoms with E-state index in [-0.39, 0.29) is 11.7 Å². The van der Waals surface area contributed by atoms with Crippen molar-refractivity contribution in [3.05, 3.63) is 0 Å². The number of ether oxygens (including phenoxy) is 1. The normalized spacial score (nSPS) is 13.7. The number of ketones is 1. The number of carbonyl (C=O) groups excluding carboxylic acids is 1. The van der Waals surface area contributed by atoms with Crippen LogP contribution >= 0.6 is 0 Å². The molecule has 1 unspecified atom stereocenters. The molecule has 0 amide bonds. The standard InChI is InChI=1S/C6H12O4/c1-4(2)5(7)6(9-3)10-8/h4,6,8H,1-3H3. The van der Waals surface area contributed by atoms with Crippen molar-refractivity contribution in [3.63, 3.8) is 0 Å². The van der Waals surface area contributed by atoms with Gasteiger partial charge in [0.15, 0.2) is 5.78 Å². The van der Waals surface area contributed by atoms with Gasteiger partial charge >= 0.3 is 0 Å². The van der Waals surface area contributed by atoms with Crippen molar-refractivity contribution in [2.75, 3.05) is 7.11 Å². The molecular formula is C6H12O4. The second kappa shape index (κ2) is 4.38. The molecule has 0 rings (SSSR count). The molecule has 0 aliphatic carbocycles. The zero-order chi connectivity index (χ0) is 8.15. The summed E-state index contributed by atoms with van der Waals surface area (Å²) in [5.74, 6) is -0.470. The first-order valence-corrected chi connectivity index (χ1v) is 3.00. The van der Waals surface area contributed by atoms with Crippen molar-refractivity contribution in [1.82, 2.24) is 0 Å². The summed E-state index contributed by atoms with van der Waals surface area (Å²) in [6.07, 6.45) is -1.14. The van der Waals surface area contributed by atoms with E-state index in [0.29, 0.717) is 0 Å². The van der Waals surface area contributed by atoms with Gasteiger partial charge in [0.2, 0.25) is 6.29 Å². The Bertz CT molecular complexity index is 106. The van der Waals surface area contributed by atoms with Crippen molar-refractivity contribution < 1.29 is 19.7 Å². The first kappa shape index (κ1) is 9.55. The molecule has 4 heteroatoms. The Morgan fingerprint density at radius 2 is 2.00 bits per heavy atom. The lowest BCUT2D eigenvalue weighted by molar-refractivity contribution is -0.327. The first-order chi connectivity index (χ1) is 4.63. The smallest absolute Gasteiger partial charge is 0.250 e. The van der Waals surface area contributed by atoms with E-state index in [9.17, 15) is 4.79 Å². The molecule has 0 aromatic carbocycles. The minimum atomic E-state index is -1.14. The Kier molecular flexibility index (Phi) is 4.18. The Morgan fingerprint density at radius 1 is 1.50 bits per heavy atom. The van der Waals surface area contributed by atoms with Crippen LogP contribution in [0.1, 0.15) is 13.8 Å². The highest BCUT2D eigenvalue weighted by atomic mass is 17.1. The first-order valence-electron chi connectivity index (χ1n) is 3.00. The zero-order valence-electron chi connectivity index (χ0n) is 6.33. The van der Waals surface area contributed by atoms with Gasteiger partial charge < -0.3 is 4.74 Å². The SMILES string of the molecule is COC(OO)C(=O)C(C)C. The monoisotopic (exact) mass is 148 g/mol. The fourth-order valence-corrected chi connectivity index (χ4v) is 0.483. The number of hydrogen-bond donors (Lipinski definition) is 1. The highest BCUT2D eigenvalue weighted by Crippen LogP contribution is 2.02. The van der Waals surface area contributed by atoms with Crippen LogP contribution in [-0.4, -0.2) is 24.4 Å². The van der Waals surface area contributed by atoms with Crippen LogP contribution in [0.25, 0.3) is 0 Å². The Morgan fingerprint density at radius 3 is 2.10 bits per heavy atom. The summed E-state index contributed by atoms with van der Waals surface area (Å²) in [5, 5.41) is 8.10. The van der Waals surface area contributed by atoms with E-state index in [0.717, 1.165) is 0 Å². The minimum Gasteiger partial charge on any atom is -0.347 e. The highest BCUT2D eigenvalue weighted by Gasteiger charge is 2.20. The largest absolute Gasteiger partial charge is 0.347 e. The van der Waals surface area contributed by atoms with Crippen molar-refractivity contribution in [2.24, 2.45) is 5.92 Å². The van der Waals surface area contributed by atoms with Gasteiger partial charge in [0.05, 0.1) is 0 Å². The number of methoxy groups -OCH3 is 1. The zero-order valence-corrected chi connectivity index (χ0v) is 6.33. The van der Waals surface area contributed by atoms with E-state index < -0.39 is 6.29 Å². The number of rotatable bonds is 4. The molecule has 0 fully saturated rings. The van der Waals surface area contributed by atoms with Crippen LogP contribution in [0, 0.1) is 5.92 Å². The molecule has 0 aliphatic rings. The van der Waals surface area contributed by atoms with Gasteiger partial charge in [-0.1, -0.05) is 13.8 Å². The van der Waals surface area contributed by atoms with Gasteiger partial charge in [0.1, 0.15) is 0 Å². The molecular weight excluding hydrogens is 136 g/mol. The maximum Gasteiger partial charge on any atom is 0.250 e. The lowest BCUT2D eigenvalue weighted by Gasteiger charge is -2.11. The van der Waals surface area contributed by atoms with Gasteiger partial charge in [-0.2, -0.15) is 4.89 Å². The Hall–Kier alpha value is -0.450. The molecule has 0 aliphatic heterocycles. The lowest BCUT2D eigenvalue weighted by atomic mass is 10.1. The summed E-state index contributed by atoms with van der Waals surface area (Å²) in [4.78, 5) is 14.6. The van der Waals surface area contributed by atoms with Crippen LogP contribution in [0.15, 0.2) is 0 Å². The maximum absolute atomic E-state index is 10.9. The topological polar surface area (TPSA) is 55.8 Å². The van der Waals surface area contributed by atoms with E-state index in [2.05, 4.69) is 9.62 Å².